The second kappa shape index (κ2) is 7.45. The Bertz CT molecular complexity index is 980. The molecule has 35 heavy (non-hydrogen) atoms. The van der Waals surface area contributed by atoms with E-state index < -0.39 is 5.41 Å². The summed E-state index contributed by atoms with van der Waals surface area (Å²) in [5, 5.41) is 10.9. The summed E-state index contributed by atoms with van der Waals surface area (Å²) >= 11 is 0. The molecular formula is C31H48O4. The third kappa shape index (κ3) is 3.01. The molecule has 0 aliphatic heterocycles. The number of fused-ring (bicyclic) bond motifs is 7. The Labute approximate surface area is 212 Å². The normalized spacial score (nSPS) is 52.8. The maximum absolute atomic E-state index is 13.6. The van der Waals surface area contributed by atoms with Crippen molar-refractivity contribution in [3.05, 3.63) is 11.6 Å². The van der Waals surface area contributed by atoms with Crippen molar-refractivity contribution in [3.8, 4) is 0 Å². The van der Waals surface area contributed by atoms with E-state index in [-0.39, 0.29) is 50.8 Å². The first kappa shape index (κ1) is 25.5. The van der Waals surface area contributed by atoms with Crippen LogP contribution in [0.2, 0.25) is 0 Å². The molecule has 0 heterocycles. The topological polar surface area (TPSA) is 63.6 Å². The molecule has 5 rings (SSSR count). The van der Waals surface area contributed by atoms with Gasteiger partial charge in [-0.3, -0.25) is 9.59 Å². The predicted molar refractivity (Wildman–Crippen MR) is 137 cm³/mol. The Balaban J connectivity index is 1.58. The lowest BCUT2D eigenvalue weighted by Crippen LogP contribution is -2.65. The molecule has 0 bridgehead atoms. The number of allylic oxidation sites excluding steroid dienone is 2. The number of aliphatic hydroxyl groups excluding tert-OH is 1. The summed E-state index contributed by atoms with van der Waals surface area (Å²) in [6, 6.07) is 0. The van der Waals surface area contributed by atoms with Crippen LogP contribution < -0.4 is 0 Å². The summed E-state index contributed by atoms with van der Waals surface area (Å²) in [5.41, 5.74) is 0.700. The van der Waals surface area contributed by atoms with Crippen molar-refractivity contribution in [1.29, 1.82) is 0 Å². The first-order valence-corrected chi connectivity index (χ1v) is 14.1. The van der Waals surface area contributed by atoms with Gasteiger partial charge in [-0.25, -0.2) is 0 Å². The molecule has 1 N–H and O–H groups in total. The van der Waals surface area contributed by atoms with Crippen LogP contribution in [0.5, 0.6) is 0 Å². The van der Waals surface area contributed by atoms with Gasteiger partial charge in [0.05, 0.1) is 18.6 Å². The van der Waals surface area contributed by atoms with E-state index in [2.05, 4.69) is 47.6 Å². The highest BCUT2D eigenvalue weighted by atomic mass is 16.5. The first-order chi connectivity index (χ1) is 16.1. The van der Waals surface area contributed by atoms with Crippen molar-refractivity contribution in [3.63, 3.8) is 0 Å². The zero-order chi connectivity index (χ0) is 25.8. The van der Waals surface area contributed by atoms with Gasteiger partial charge in [0, 0.05) is 11.8 Å². The molecule has 0 unspecified atom stereocenters. The molecule has 5 aliphatic carbocycles. The van der Waals surface area contributed by atoms with Crippen LogP contribution in [0.25, 0.3) is 0 Å². The zero-order valence-electron chi connectivity index (χ0n) is 23.4. The van der Waals surface area contributed by atoms with Crippen molar-refractivity contribution in [1.82, 2.24) is 0 Å². The quantitative estimate of drug-likeness (QED) is 0.341. The minimum atomic E-state index is -0.736. The van der Waals surface area contributed by atoms with Gasteiger partial charge in [0.1, 0.15) is 5.78 Å². The van der Waals surface area contributed by atoms with E-state index in [0.717, 1.165) is 38.5 Å². The number of carbonyl (C=O) groups excluding carboxylic acids is 2. The molecule has 196 valence electrons. The fraction of sp³-hybridized carbons (Fsp3) is 0.871. The lowest BCUT2D eigenvalue weighted by atomic mass is 9.33. The number of rotatable bonds is 1. The minimum absolute atomic E-state index is 0.0307. The summed E-state index contributed by atoms with van der Waals surface area (Å²) in [4.78, 5) is 26.4. The first-order valence-electron chi connectivity index (χ1n) is 14.1. The fourth-order valence-corrected chi connectivity index (χ4v) is 10.7. The summed E-state index contributed by atoms with van der Waals surface area (Å²) in [7, 11) is 1.45. The van der Waals surface area contributed by atoms with E-state index in [1.54, 1.807) is 0 Å². The molecule has 5 aliphatic rings. The van der Waals surface area contributed by atoms with Gasteiger partial charge < -0.3 is 9.84 Å². The molecule has 0 amide bonds. The molecule has 4 fully saturated rings. The van der Waals surface area contributed by atoms with Crippen LogP contribution in [0.4, 0.5) is 0 Å². The van der Waals surface area contributed by atoms with Crippen molar-refractivity contribution in [2.24, 2.45) is 50.2 Å². The van der Waals surface area contributed by atoms with Crippen molar-refractivity contribution < 1.29 is 19.4 Å². The summed E-state index contributed by atoms with van der Waals surface area (Å²) in [5.74, 6) is 1.22. The van der Waals surface area contributed by atoms with Gasteiger partial charge in [-0.2, -0.15) is 0 Å². The number of hydrogen-bond acceptors (Lipinski definition) is 4. The van der Waals surface area contributed by atoms with Crippen LogP contribution in [0.15, 0.2) is 11.6 Å². The molecule has 0 aromatic rings. The van der Waals surface area contributed by atoms with E-state index in [4.69, 9.17) is 4.74 Å². The third-order valence-electron chi connectivity index (χ3n) is 13.3. The van der Waals surface area contributed by atoms with Gasteiger partial charge in [0.2, 0.25) is 0 Å². The van der Waals surface area contributed by atoms with E-state index in [1.807, 2.05) is 6.92 Å². The van der Waals surface area contributed by atoms with Gasteiger partial charge in [-0.05, 0) is 97.7 Å². The molecular weight excluding hydrogens is 436 g/mol. The van der Waals surface area contributed by atoms with Crippen LogP contribution in [0, 0.1) is 50.2 Å². The second-order valence-corrected chi connectivity index (χ2v) is 15.0. The Kier molecular flexibility index (Phi) is 5.43. The predicted octanol–water partition coefficient (Wildman–Crippen LogP) is 6.50. The highest BCUT2D eigenvalue weighted by molar-refractivity contribution is 5.92. The van der Waals surface area contributed by atoms with E-state index in [9.17, 15) is 14.7 Å². The Morgan fingerprint density at radius 1 is 0.971 bits per heavy atom. The Morgan fingerprint density at radius 3 is 2.31 bits per heavy atom. The number of esters is 1. The Hall–Kier alpha value is -1.16. The van der Waals surface area contributed by atoms with E-state index in [0.29, 0.717) is 24.7 Å². The molecule has 0 aromatic heterocycles. The SMILES string of the molecule is COC(=O)[C@]1(C)CC(=O)[C@]2(C)CC[C@]3(C)C(=CC[C@@H]4[C@@]5(C)CC[C@H](O)C(C)(C)[C@@H]5CC[C@]43C)[C@@H]2C1. The molecule has 9 atom stereocenters. The maximum Gasteiger partial charge on any atom is 0.311 e. The number of ketones is 1. The number of aliphatic hydroxyl groups is 1. The number of hydrogen-bond donors (Lipinski definition) is 1. The smallest absolute Gasteiger partial charge is 0.311 e. The van der Waals surface area contributed by atoms with Crippen LogP contribution in [0.3, 0.4) is 0 Å². The van der Waals surface area contributed by atoms with E-state index in [1.165, 1.54) is 19.1 Å². The number of carbonyl (C=O) groups is 2. The third-order valence-corrected chi connectivity index (χ3v) is 13.3. The number of ether oxygens (including phenoxy) is 1. The largest absolute Gasteiger partial charge is 0.469 e. The lowest BCUT2D eigenvalue weighted by Gasteiger charge is -2.71. The standard InChI is InChI=1S/C31H48O4/c1-26(2)21-11-14-31(7)22(29(21,5)13-12-23(26)32)10-9-19-20-17-27(3,25(34)35-8)18-24(33)28(20,4)15-16-30(19,31)6/h9,20-23,32H,10-18H2,1-8H3/t20-,21-,22+,23-,27-,28+,29-,30+,31+/m0/s1. The highest BCUT2D eigenvalue weighted by Gasteiger charge is 2.69. The monoisotopic (exact) mass is 484 g/mol. The molecule has 4 heteroatoms. The average Bonchev–Trinajstić information content (AvgIpc) is 2.78. The molecule has 0 radical (unpaired) electrons. The molecule has 0 spiro atoms. The van der Waals surface area contributed by atoms with Gasteiger partial charge >= 0.3 is 5.97 Å². The van der Waals surface area contributed by atoms with E-state index >= 15 is 0 Å². The lowest BCUT2D eigenvalue weighted by molar-refractivity contribution is -0.203. The summed E-state index contributed by atoms with van der Waals surface area (Å²) in [6.45, 7) is 16.3. The number of methoxy groups -OCH3 is 1. The maximum atomic E-state index is 13.6. The molecule has 0 saturated heterocycles. The van der Waals surface area contributed by atoms with Crippen LogP contribution in [-0.2, 0) is 14.3 Å². The van der Waals surface area contributed by atoms with Crippen molar-refractivity contribution in [2.75, 3.05) is 7.11 Å². The Morgan fingerprint density at radius 2 is 1.66 bits per heavy atom. The van der Waals surface area contributed by atoms with Gasteiger partial charge in [0.25, 0.3) is 0 Å². The van der Waals surface area contributed by atoms with Crippen molar-refractivity contribution >= 4 is 11.8 Å². The van der Waals surface area contributed by atoms with Crippen LogP contribution in [0.1, 0.15) is 106 Å². The summed E-state index contributed by atoms with van der Waals surface area (Å²) in [6.07, 6.45) is 10.7. The van der Waals surface area contributed by atoms with Gasteiger partial charge in [-0.15, -0.1) is 0 Å². The van der Waals surface area contributed by atoms with Gasteiger partial charge in [-0.1, -0.05) is 53.2 Å². The van der Waals surface area contributed by atoms with Crippen LogP contribution in [-0.4, -0.2) is 30.1 Å². The number of Topliss-reactive ketones (excluding diaryl/α,β-unsaturated/α-hetero) is 1. The van der Waals surface area contributed by atoms with Crippen LogP contribution >= 0.6 is 0 Å². The van der Waals surface area contributed by atoms with Crippen molar-refractivity contribution in [2.45, 2.75) is 112 Å². The zero-order valence-corrected chi connectivity index (χ0v) is 23.4. The fourth-order valence-electron chi connectivity index (χ4n) is 10.7. The highest BCUT2D eigenvalue weighted by Crippen LogP contribution is 2.75. The van der Waals surface area contributed by atoms with Gasteiger partial charge in [0.15, 0.2) is 0 Å². The molecule has 4 nitrogen and oxygen atoms in total. The summed E-state index contributed by atoms with van der Waals surface area (Å²) < 4.78 is 5.19. The second-order valence-electron chi connectivity index (χ2n) is 15.0. The molecule has 0 aromatic carbocycles. The molecule has 4 saturated carbocycles. The minimum Gasteiger partial charge on any atom is -0.469 e. The average molecular weight is 485 g/mol.